The maximum atomic E-state index is 12.4. The summed E-state index contributed by atoms with van der Waals surface area (Å²) >= 11 is 12.1. The highest BCUT2D eigenvalue weighted by Gasteiger charge is 2.17. The summed E-state index contributed by atoms with van der Waals surface area (Å²) in [5.74, 6) is 0.112. The number of aromatic nitrogens is 3. The van der Waals surface area contributed by atoms with Crippen molar-refractivity contribution in [1.29, 1.82) is 0 Å². The molecular weight excluding hydrogens is 363 g/mol. The molecule has 128 valence electrons. The van der Waals surface area contributed by atoms with Crippen molar-refractivity contribution >= 4 is 34.8 Å². The average Bonchev–Trinajstić information content (AvgIpc) is 2.94. The highest BCUT2D eigenvalue weighted by atomic mass is 35.5. The number of halogens is 2. The monoisotopic (exact) mass is 376 g/mol. The van der Waals surface area contributed by atoms with Crippen molar-refractivity contribution < 1.29 is 9.53 Å². The van der Waals surface area contributed by atoms with Gasteiger partial charge in [-0.3, -0.25) is 9.48 Å². The molecule has 0 bridgehead atoms. The van der Waals surface area contributed by atoms with Crippen LogP contribution in [0.2, 0.25) is 10.0 Å². The normalized spacial score (nSPS) is 10.6. The predicted molar refractivity (Wildman–Crippen MR) is 97.4 cm³/mol. The molecule has 0 fully saturated rings. The van der Waals surface area contributed by atoms with Crippen LogP contribution in [0.3, 0.4) is 0 Å². The van der Waals surface area contributed by atoms with Gasteiger partial charge in [0.05, 0.1) is 41.5 Å². The van der Waals surface area contributed by atoms with Crippen molar-refractivity contribution in [3.63, 3.8) is 0 Å². The van der Waals surface area contributed by atoms with Crippen LogP contribution in [0, 0.1) is 0 Å². The van der Waals surface area contributed by atoms with Crippen LogP contribution in [-0.4, -0.2) is 27.8 Å². The molecule has 1 aromatic carbocycles. The largest absolute Gasteiger partial charge is 0.481 e. The molecule has 0 aliphatic rings. The van der Waals surface area contributed by atoms with Gasteiger partial charge in [-0.05, 0) is 30.3 Å². The molecule has 0 saturated carbocycles. The Hall–Kier alpha value is -2.57. The molecule has 2 heterocycles. The van der Waals surface area contributed by atoms with Gasteiger partial charge in [-0.2, -0.15) is 5.10 Å². The Morgan fingerprint density at radius 1 is 1.20 bits per heavy atom. The number of anilines is 1. The quantitative estimate of drug-likeness (QED) is 0.745. The lowest BCUT2D eigenvalue weighted by atomic mass is 10.1. The Labute approximate surface area is 154 Å². The lowest BCUT2D eigenvalue weighted by Crippen LogP contribution is -2.12. The summed E-state index contributed by atoms with van der Waals surface area (Å²) in [7, 11) is 3.28. The molecule has 2 aromatic heterocycles. The van der Waals surface area contributed by atoms with Crippen molar-refractivity contribution in [3.05, 3.63) is 58.3 Å². The van der Waals surface area contributed by atoms with Crippen LogP contribution in [-0.2, 0) is 7.05 Å². The van der Waals surface area contributed by atoms with Gasteiger partial charge in [-0.1, -0.05) is 23.2 Å². The minimum absolute atomic E-state index is 0.273. The van der Waals surface area contributed by atoms with E-state index < -0.39 is 0 Å². The van der Waals surface area contributed by atoms with Gasteiger partial charge in [0.1, 0.15) is 0 Å². The Morgan fingerprint density at radius 2 is 1.92 bits per heavy atom. The van der Waals surface area contributed by atoms with Crippen LogP contribution >= 0.6 is 23.2 Å². The number of amides is 1. The summed E-state index contributed by atoms with van der Waals surface area (Å²) in [5, 5.41) is 7.94. The number of hydrogen-bond acceptors (Lipinski definition) is 4. The second kappa shape index (κ2) is 7.13. The second-order valence-electron chi connectivity index (χ2n) is 5.21. The van der Waals surface area contributed by atoms with E-state index in [-0.39, 0.29) is 5.91 Å². The number of nitrogens with zero attached hydrogens (tertiary/aromatic N) is 3. The van der Waals surface area contributed by atoms with Crippen molar-refractivity contribution in [1.82, 2.24) is 14.8 Å². The smallest absolute Gasteiger partial charge is 0.255 e. The topological polar surface area (TPSA) is 69.0 Å². The fourth-order valence-corrected chi connectivity index (χ4v) is 2.76. The Morgan fingerprint density at radius 3 is 2.52 bits per heavy atom. The summed E-state index contributed by atoms with van der Waals surface area (Å²) < 4.78 is 6.92. The van der Waals surface area contributed by atoms with Crippen molar-refractivity contribution in [3.8, 4) is 17.1 Å². The van der Waals surface area contributed by atoms with Gasteiger partial charge in [0.25, 0.3) is 5.91 Å². The Kier molecular flexibility index (Phi) is 4.92. The standard InChI is InChI=1S/C17H14Cl2N4O2/c1-23-15(14(19)9-21-23)13-7-12(8-20-17(13)25-2)22-16(24)10-3-5-11(18)6-4-10/h3-9H,1-2H3,(H,22,24). The van der Waals surface area contributed by atoms with E-state index in [1.165, 1.54) is 19.5 Å². The number of carbonyl (C=O) groups excluding carboxylic acids is 1. The third-order valence-electron chi connectivity index (χ3n) is 3.56. The lowest BCUT2D eigenvalue weighted by molar-refractivity contribution is 0.102. The van der Waals surface area contributed by atoms with Gasteiger partial charge in [-0.15, -0.1) is 0 Å². The van der Waals surface area contributed by atoms with E-state index in [0.717, 1.165) is 0 Å². The molecule has 3 aromatic rings. The zero-order valence-electron chi connectivity index (χ0n) is 13.5. The maximum absolute atomic E-state index is 12.4. The lowest BCUT2D eigenvalue weighted by Gasteiger charge is -2.11. The molecule has 1 N–H and O–H groups in total. The first kappa shape index (κ1) is 17.3. The number of carbonyl (C=O) groups is 1. The first-order valence-corrected chi connectivity index (χ1v) is 8.04. The summed E-state index contributed by atoms with van der Waals surface area (Å²) in [4.78, 5) is 16.6. The van der Waals surface area contributed by atoms with Gasteiger partial charge in [-0.25, -0.2) is 4.98 Å². The number of nitrogens with one attached hydrogen (secondary N) is 1. The van der Waals surface area contributed by atoms with Gasteiger partial charge in [0.15, 0.2) is 0 Å². The molecule has 3 rings (SSSR count). The van der Waals surface area contributed by atoms with Gasteiger partial charge in [0.2, 0.25) is 5.88 Å². The van der Waals surface area contributed by atoms with Crippen molar-refractivity contribution in [2.75, 3.05) is 12.4 Å². The molecule has 0 spiro atoms. The zero-order chi connectivity index (χ0) is 18.0. The molecule has 8 heteroatoms. The van der Waals surface area contributed by atoms with Crippen molar-refractivity contribution in [2.45, 2.75) is 0 Å². The molecule has 25 heavy (non-hydrogen) atoms. The summed E-state index contributed by atoms with van der Waals surface area (Å²) in [6, 6.07) is 8.34. The summed E-state index contributed by atoms with van der Waals surface area (Å²) in [5.41, 5.74) is 2.27. The molecule has 0 unspecified atom stereocenters. The number of pyridine rings is 1. The van der Waals surface area contributed by atoms with Crippen LogP contribution in [0.25, 0.3) is 11.3 Å². The minimum Gasteiger partial charge on any atom is -0.481 e. The van der Waals surface area contributed by atoms with Crippen LogP contribution in [0.15, 0.2) is 42.7 Å². The first-order chi connectivity index (χ1) is 12.0. The van der Waals surface area contributed by atoms with Gasteiger partial charge in [0, 0.05) is 17.6 Å². The second-order valence-corrected chi connectivity index (χ2v) is 6.05. The third-order valence-corrected chi connectivity index (χ3v) is 4.09. The molecule has 0 aliphatic carbocycles. The van der Waals surface area contributed by atoms with Crippen LogP contribution < -0.4 is 10.1 Å². The SMILES string of the molecule is COc1ncc(NC(=O)c2ccc(Cl)cc2)cc1-c1c(Cl)cnn1C. The van der Waals surface area contributed by atoms with E-state index in [4.69, 9.17) is 27.9 Å². The van der Waals surface area contributed by atoms with E-state index in [9.17, 15) is 4.79 Å². The van der Waals surface area contributed by atoms with E-state index in [1.807, 2.05) is 0 Å². The van der Waals surface area contributed by atoms with Gasteiger partial charge < -0.3 is 10.1 Å². The fraction of sp³-hybridized carbons (Fsp3) is 0.118. The summed E-state index contributed by atoms with van der Waals surface area (Å²) in [6.45, 7) is 0. The van der Waals surface area contributed by atoms with Crippen LogP contribution in [0.1, 0.15) is 10.4 Å². The van der Waals surface area contributed by atoms with E-state index in [0.29, 0.717) is 38.4 Å². The number of benzene rings is 1. The van der Waals surface area contributed by atoms with E-state index in [2.05, 4.69) is 15.4 Å². The maximum Gasteiger partial charge on any atom is 0.255 e. The Bertz CT molecular complexity index is 903. The molecule has 0 aliphatic heterocycles. The molecule has 6 nitrogen and oxygen atoms in total. The van der Waals surface area contributed by atoms with E-state index in [1.54, 1.807) is 42.1 Å². The van der Waals surface area contributed by atoms with E-state index >= 15 is 0 Å². The van der Waals surface area contributed by atoms with Gasteiger partial charge >= 0.3 is 0 Å². The van der Waals surface area contributed by atoms with Crippen molar-refractivity contribution in [2.24, 2.45) is 7.05 Å². The zero-order valence-corrected chi connectivity index (χ0v) is 15.0. The highest BCUT2D eigenvalue weighted by Crippen LogP contribution is 2.34. The molecule has 0 radical (unpaired) electrons. The van der Waals surface area contributed by atoms with Crippen LogP contribution in [0.4, 0.5) is 5.69 Å². The first-order valence-electron chi connectivity index (χ1n) is 7.28. The average molecular weight is 377 g/mol. The fourth-order valence-electron chi connectivity index (χ4n) is 2.37. The number of methoxy groups -OCH3 is 1. The molecule has 0 saturated heterocycles. The third kappa shape index (κ3) is 3.60. The molecule has 1 amide bonds. The number of aryl methyl sites for hydroxylation is 1. The summed E-state index contributed by atoms with van der Waals surface area (Å²) in [6.07, 6.45) is 3.05. The Balaban J connectivity index is 1.94. The highest BCUT2D eigenvalue weighted by molar-refractivity contribution is 6.33. The number of hydrogen-bond donors (Lipinski definition) is 1. The van der Waals surface area contributed by atoms with Crippen LogP contribution in [0.5, 0.6) is 5.88 Å². The predicted octanol–water partition coefficient (Wildman–Crippen LogP) is 4.05. The molecule has 0 atom stereocenters. The number of ether oxygens (including phenoxy) is 1. The molecular formula is C17H14Cl2N4O2. The number of rotatable bonds is 4. The minimum atomic E-state index is -0.273.